The fraction of sp³-hybridized carbons (Fsp3) is 1.00. The molecule has 22 heteroatoms. The molecule has 52 heavy (non-hydrogen) atoms. The largest absolute Gasteiger partial charge is 0.394 e. The van der Waals surface area contributed by atoms with E-state index in [1.807, 2.05) is 0 Å². The summed E-state index contributed by atoms with van der Waals surface area (Å²) in [6, 6.07) is 0. The molecular formula is C30H54O22. The van der Waals surface area contributed by atoms with Crippen LogP contribution in [0.3, 0.4) is 0 Å². The highest BCUT2D eigenvalue weighted by atomic mass is 16.8. The van der Waals surface area contributed by atoms with Crippen LogP contribution in [0.5, 0.6) is 0 Å². The lowest BCUT2D eigenvalue weighted by molar-refractivity contribution is -0.390. The van der Waals surface area contributed by atoms with Crippen molar-refractivity contribution in [1.82, 2.24) is 0 Å². The summed E-state index contributed by atoms with van der Waals surface area (Å²) in [5.74, 6) is 0. The minimum absolute atomic E-state index is 0.868. The molecule has 4 saturated heterocycles. The monoisotopic (exact) mass is 766 g/mol. The highest BCUT2D eigenvalue weighted by Crippen LogP contribution is 2.33. The highest BCUT2D eigenvalue weighted by molar-refractivity contribution is 4.95. The number of aliphatic hydroxyl groups excluding tert-OH is 14. The van der Waals surface area contributed by atoms with Crippen LogP contribution in [0.2, 0.25) is 0 Å². The van der Waals surface area contributed by atoms with Crippen LogP contribution in [0.25, 0.3) is 0 Å². The molecule has 0 saturated carbocycles. The molecular weight excluding hydrogens is 712 g/mol. The summed E-state index contributed by atoms with van der Waals surface area (Å²) in [5.41, 5.74) is 0. The molecule has 0 unspecified atom stereocenters. The van der Waals surface area contributed by atoms with Gasteiger partial charge >= 0.3 is 0 Å². The van der Waals surface area contributed by atoms with E-state index in [0.29, 0.717) is 0 Å². The van der Waals surface area contributed by atoms with E-state index in [4.69, 9.17) is 37.9 Å². The van der Waals surface area contributed by atoms with E-state index < -0.39 is 160 Å². The summed E-state index contributed by atoms with van der Waals surface area (Å²) in [4.78, 5) is 0. The van der Waals surface area contributed by atoms with E-state index in [1.54, 1.807) is 0 Å². The Morgan fingerprint density at radius 3 is 1.35 bits per heavy atom. The average Bonchev–Trinajstić information content (AvgIpc) is 3.11. The third-order valence-electron chi connectivity index (χ3n) is 9.79. The topological polar surface area (TPSA) is 357 Å². The number of ether oxygens (including phenoxy) is 8. The van der Waals surface area contributed by atoms with Crippen LogP contribution in [-0.2, 0) is 37.9 Å². The van der Waals surface area contributed by atoms with Crippen LogP contribution >= 0.6 is 0 Å². The molecule has 306 valence electrons. The quantitative estimate of drug-likeness (QED) is 0.0827. The first-order valence-electron chi connectivity index (χ1n) is 17.0. The van der Waals surface area contributed by atoms with Gasteiger partial charge < -0.3 is 109 Å². The smallest absolute Gasteiger partial charge is 0.187 e. The zero-order valence-corrected chi connectivity index (χ0v) is 28.8. The van der Waals surface area contributed by atoms with Crippen molar-refractivity contribution in [3.05, 3.63) is 0 Å². The van der Waals surface area contributed by atoms with E-state index in [1.165, 1.54) is 27.7 Å². The Morgan fingerprint density at radius 2 is 0.846 bits per heavy atom. The van der Waals surface area contributed by atoms with Crippen molar-refractivity contribution in [2.75, 3.05) is 13.2 Å². The van der Waals surface area contributed by atoms with Crippen molar-refractivity contribution < 1.29 is 109 Å². The summed E-state index contributed by atoms with van der Waals surface area (Å²) in [7, 11) is 0. The molecule has 0 spiro atoms. The maximum Gasteiger partial charge on any atom is 0.187 e. The van der Waals surface area contributed by atoms with Crippen LogP contribution in [-0.4, -0.2) is 232 Å². The predicted molar refractivity (Wildman–Crippen MR) is 163 cm³/mol. The highest BCUT2D eigenvalue weighted by Gasteiger charge is 2.53. The summed E-state index contributed by atoms with van der Waals surface area (Å²) >= 11 is 0. The van der Waals surface area contributed by atoms with Crippen molar-refractivity contribution in [1.29, 1.82) is 0 Å². The lowest BCUT2D eigenvalue weighted by Crippen LogP contribution is -2.65. The Morgan fingerprint density at radius 1 is 0.462 bits per heavy atom. The van der Waals surface area contributed by atoms with Gasteiger partial charge in [-0.2, -0.15) is 0 Å². The molecule has 0 aromatic carbocycles. The Labute approximate surface area is 297 Å². The van der Waals surface area contributed by atoms with Gasteiger partial charge in [-0.05, 0) is 27.7 Å². The van der Waals surface area contributed by atoms with Gasteiger partial charge in [0.1, 0.15) is 97.7 Å². The SMILES string of the molecule is C[C@@H]1O[C@@H](O[C@H]2[C@H](O[C@H]3[C@H](OC[C@H](O)[C@@H](O[C@@H]4O[C@@H](C)[C@H](O)[C@@H](O)[C@H]4O)[C@H](O)[C@H](O)CO)O[C@@H](C)[C@H](O)[C@H]3O)O[C@@H](C)[C@H](O)[C@H]2O)[C@H](O)[C@H](O)[C@H]1O. The fourth-order valence-electron chi connectivity index (χ4n) is 6.27. The number of hydrogen-bond acceptors (Lipinski definition) is 22. The fourth-order valence-corrected chi connectivity index (χ4v) is 6.27. The van der Waals surface area contributed by atoms with Crippen molar-refractivity contribution in [2.45, 2.75) is 175 Å². The molecule has 14 N–H and O–H groups in total. The van der Waals surface area contributed by atoms with Gasteiger partial charge in [0, 0.05) is 0 Å². The molecule has 4 heterocycles. The first-order chi connectivity index (χ1) is 24.3. The van der Waals surface area contributed by atoms with Gasteiger partial charge in [-0.15, -0.1) is 0 Å². The summed E-state index contributed by atoms with van der Waals surface area (Å²) in [6.07, 6.45) is -39.7. The lowest BCUT2D eigenvalue weighted by atomic mass is 9.97. The van der Waals surface area contributed by atoms with Crippen LogP contribution < -0.4 is 0 Å². The van der Waals surface area contributed by atoms with E-state index >= 15 is 0 Å². The van der Waals surface area contributed by atoms with Crippen LogP contribution in [0.4, 0.5) is 0 Å². The lowest BCUT2D eigenvalue weighted by Gasteiger charge is -2.48. The van der Waals surface area contributed by atoms with Gasteiger partial charge in [0.05, 0.1) is 37.6 Å². The molecule has 4 rings (SSSR count). The zero-order valence-electron chi connectivity index (χ0n) is 28.8. The number of hydrogen-bond donors (Lipinski definition) is 14. The second-order valence-corrected chi connectivity index (χ2v) is 13.7. The molecule has 0 aromatic rings. The molecule has 22 nitrogen and oxygen atoms in total. The van der Waals surface area contributed by atoms with E-state index in [9.17, 15) is 71.5 Å². The minimum atomic E-state index is -2.06. The molecule has 0 bridgehead atoms. The van der Waals surface area contributed by atoms with Crippen molar-refractivity contribution in [3.63, 3.8) is 0 Å². The maximum atomic E-state index is 11.1. The van der Waals surface area contributed by atoms with Gasteiger partial charge in [0.2, 0.25) is 0 Å². The molecule has 4 fully saturated rings. The predicted octanol–water partition coefficient (Wildman–Crippen LogP) is -8.18. The van der Waals surface area contributed by atoms with E-state index in [0.717, 1.165) is 0 Å². The second-order valence-electron chi connectivity index (χ2n) is 13.7. The van der Waals surface area contributed by atoms with Crippen molar-refractivity contribution >= 4 is 0 Å². The first kappa shape index (κ1) is 43.8. The Bertz CT molecular complexity index is 1090. The van der Waals surface area contributed by atoms with Crippen molar-refractivity contribution in [2.24, 2.45) is 0 Å². The molecule has 0 amide bonds. The third kappa shape index (κ3) is 9.38. The zero-order chi connectivity index (χ0) is 38.9. The molecule has 4 aliphatic heterocycles. The minimum Gasteiger partial charge on any atom is -0.394 e. The standard InChI is InChI=1S/C30H54O22/c1-7-13(34)18(39)22(43)27(46-7)50-24(17(38)11(32)5-31)12(33)6-45-29-25(20(41)15(36)9(3)48-29)52-30-26(21(42)16(37)10(4)49-30)51-28-23(44)19(40)14(35)8(2)47-28/h7-44H,5-6H2,1-4H3/t7-,8-,9-,10-,11+,12-,13-,14-,15-,16-,17+,18+,19+,20+,21+,22+,23+,24+,25+,26+,27-,28-,29+,30-/m0/s1. The van der Waals surface area contributed by atoms with Crippen molar-refractivity contribution in [3.8, 4) is 0 Å². The third-order valence-corrected chi connectivity index (χ3v) is 9.79. The molecule has 4 aliphatic rings. The van der Waals surface area contributed by atoms with E-state index in [2.05, 4.69) is 0 Å². The van der Waals surface area contributed by atoms with Gasteiger partial charge in [0.25, 0.3) is 0 Å². The Kier molecular flexibility index (Phi) is 15.5. The molecule has 0 aliphatic carbocycles. The van der Waals surface area contributed by atoms with E-state index in [-0.39, 0.29) is 0 Å². The summed E-state index contributed by atoms with van der Waals surface area (Å²) < 4.78 is 45.1. The second kappa shape index (κ2) is 18.4. The van der Waals surface area contributed by atoms with Gasteiger partial charge in [-0.25, -0.2) is 0 Å². The molecule has 0 radical (unpaired) electrons. The first-order valence-corrected chi connectivity index (χ1v) is 17.0. The molecule has 24 atom stereocenters. The maximum absolute atomic E-state index is 11.1. The van der Waals surface area contributed by atoms with Crippen LogP contribution in [0, 0.1) is 0 Å². The Hall–Kier alpha value is -0.880. The normalized spacial score (nSPS) is 50.0. The Balaban J connectivity index is 1.54. The average molecular weight is 767 g/mol. The van der Waals surface area contributed by atoms with Gasteiger partial charge in [0.15, 0.2) is 25.2 Å². The van der Waals surface area contributed by atoms with Gasteiger partial charge in [-0.3, -0.25) is 0 Å². The number of rotatable bonds is 13. The summed E-state index contributed by atoms with van der Waals surface area (Å²) in [5, 5.41) is 146. The summed E-state index contributed by atoms with van der Waals surface area (Å²) in [6.45, 7) is 3.57. The molecule has 0 aromatic heterocycles. The van der Waals surface area contributed by atoms with Crippen LogP contribution in [0.15, 0.2) is 0 Å². The van der Waals surface area contributed by atoms with Gasteiger partial charge in [-0.1, -0.05) is 0 Å². The number of aliphatic hydroxyl groups is 14. The van der Waals surface area contributed by atoms with Crippen LogP contribution in [0.1, 0.15) is 27.7 Å².